The summed E-state index contributed by atoms with van der Waals surface area (Å²) in [6, 6.07) is 9.23. The Morgan fingerprint density at radius 2 is 1.96 bits per heavy atom. The van der Waals surface area contributed by atoms with Crippen LogP contribution in [0.2, 0.25) is 0 Å². The Balaban J connectivity index is 2.18. The van der Waals surface area contributed by atoms with Crippen LogP contribution in [0.1, 0.15) is 18.5 Å². The lowest BCUT2D eigenvalue weighted by molar-refractivity contribution is 0.160. The maximum absolute atomic E-state index is 12.6. The first-order valence-corrected chi connectivity index (χ1v) is 7.93. The van der Waals surface area contributed by atoms with E-state index < -0.39 is 6.09 Å². The molecule has 1 aromatic heterocycles. The van der Waals surface area contributed by atoms with Crippen LogP contribution in [0.25, 0.3) is 5.69 Å². The number of alkyl halides is 1. The summed E-state index contributed by atoms with van der Waals surface area (Å²) >= 11 is 5.56. The Kier molecular flexibility index (Phi) is 5.87. The summed E-state index contributed by atoms with van der Waals surface area (Å²) in [5.41, 5.74) is 1.30. The molecule has 1 heterocycles. The van der Waals surface area contributed by atoms with E-state index in [0.717, 1.165) is 12.1 Å². The lowest BCUT2D eigenvalue weighted by Gasteiger charge is -2.07. The molecule has 1 aromatic carbocycles. The number of halogens is 1. The van der Waals surface area contributed by atoms with Crippen molar-refractivity contribution in [1.82, 2.24) is 9.36 Å². The van der Waals surface area contributed by atoms with Crippen molar-refractivity contribution in [3.63, 3.8) is 0 Å². The normalized spacial score (nSPS) is 10.6. The number of carbonyl (C=O) groups excluding carboxylic acids is 1. The minimum Gasteiger partial charge on any atom is -0.449 e. The van der Waals surface area contributed by atoms with Gasteiger partial charge in [0.1, 0.15) is 5.69 Å². The molecule has 1 N–H and O–H groups in total. The fourth-order valence-electron chi connectivity index (χ4n) is 2.21. The number of para-hydroxylation sites is 1. The number of nitrogens with zero attached hydrogens (tertiary/aromatic N) is 2. The number of benzene rings is 1. The molecule has 0 bridgehead atoms. The molecule has 2 rings (SSSR count). The summed E-state index contributed by atoms with van der Waals surface area (Å²) in [6.07, 6.45) is 0.837. The van der Waals surface area contributed by atoms with E-state index in [2.05, 4.69) is 5.32 Å². The lowest BCUT2D eigenvalue weighted by Crippen LogP contribution is -2.23. The third kappa shape index (κ3) is 3.96. The lowest BCUT2D eigenvalue weighted by atomic mass is 10.3. The van der Waals surface area contributed by atoms with Gasteiger partial charge >= 0.3 is 6.09 Å². The first-order valence-electron chi connectivity index (χ1n) is 7.40. The Labute approximate surface area is 139 Å². The van der Waals surface area contributed by atoms with Crippen LogP contribution in [-0.4, -0.2) is 27.9 Å². The summed E-state index contributed by atoms with van der Waals surface area (Å²) in [6.45, 7) is 2.04. The standard InChI is InChI=1S/C16H20ClN3O3/c1-12-14(18-16(22)23-11-7-6-10-17)15(21)20(19(12)2)13-8-4-3-5-9-13/h3-5,8-9H,6-7,10-11H2,1-2H3,(H,18,22). The molecule has 2 aromatic rings. The molecule has 1 amide bonds. The third-order valence-electron chi connectivity index (χ3n) is 3.54. The van der Waals surface area contributed by atoms with Crippen molar-refractivity contribution < 1.29 is 9.53 Å². The van der Waals surface area contributed by atoms with Crippen molar-refractivity contribution in [2.75, 3.05) is 17.8 Å². The van der Waals surface area contributed by atoms with Crippen LogP contribution in [0.4, 0.5) is 10.5 Å². The van der Waals surface area contributed by atoms with E-state index in [1.807, 2.05) is 30.3 Å². The zero-order chi connectivity index (χ0) is 16.8. The molecule has 0 unspecified atom stereocenters. The van der Waals surface area contributed by atoms with Gasteiger partial charge in [-0.3, -0.25) is 14.8 Å². The molecule has 124 valence electrons. The molecule has 0 aliphatic rings. The molecule has 23 heavy (non-hydrogen) atoms. The molecule has 0 aliphatic heterocycles. The van der Waals surface area contributed by atoms with E-state index in [1.54, 1.807) is 18.7 Å². The summed E-state index contributed by atoms with van der Waals surface area (Å²) < 4.78 is 8.24. The highest BCUT2D eigenvalue weighted by molar-refractivity contribution is 6.17. The number of unbranched alkanes of at least 4 members (excludes halogenated alkanes) is 1. The number of hydrogen-bond acceptors (Lipinski definition) is 3. The average molecular weight is 338 g/mol. The Hall–Kier alpha value is -2.21. The second kappa shape index (κ2) is 7.87. The van der Waals surface area contributed by atoms with E-state index in [4.69, 9.17) is 16.3 Å². The van der Waals surface area contributed by atoms with Crippen LogP contribution in [0.3, 0.4) is 0 Å². The van der Waals surface area contributed by atoms with Crippen molar-refractivity contribution >= 4 is 23.4 Å². The Morgan fingerprint density at radius 3 is 2.61 bits per heavy atom. The van der Waals surface area contributed by atoms with Crippen molar-refractivity contribution in [2.45, 2.75) is 19.8 Å². The van der Waals surface area contributed by atoms with Gasteiger partial charge in [0, 0.05) is 12.9 Å². The molecular weight excluding hydrogens is 318 g/mol. The Morgan fingerprint density at radius 1 is 1.26 bits per heavy atom. The highest BCUT2D eigenvalue weighted by Gasteiger charge is 2.18. The quantitative estimate of drug-likeness (QED) is 0.651. The molecule has 0 fully saturated rings. The molecular formula is C16H20ClN3O3. The molecule has 6 nitrogen and oxygen atoms in total. The van der Waals surface area contributed by atoms with Gasteiger partial charge in [-0.2, -0.15) is 0 Å². The summed E-state index contributed by atoms with van der Waals surface area (Å²) in [4.78, 5) is 24.4. The number of amides is 1. The highest BCUT2D eigenvalue weighted by atomic mass is 35.5. The zero-order valence-electron chi connectivity index (χ0n) is 13.2. The van der Waals surface area contributed by atoms with E-state index in [-0.39, 0.29) is 17.9 Å². The first kappa shape index (κ1) is 17.1. The van der Waals surface area contributed by atoms with Crippen LogP contribution in [0.5, 0.6) is 0 Å². The number of hydrogen-bond donors (Lipinski definition) is 1. The molecule has 0 atom stereocenters. The fourth-order valence-corrected chi connectivity index (χ4v) is 2.40. The van der Waals surface area contributed by atoms with Crippen molar-refractivity contribution in [3.8, 4) is 5.69 Å². The molecule has 0 saturated carbocycles. The van der Waals surface area contributed by atoms with Gasteiger partial charge < -0.3 is 4.74 Å². The average Bonchev–Trinajstić information content (AvgIpc) is 2.76. The minimum atomic E-state index is -0.634. The highest BCUT2D eigenvalue weighted by Crippen LogP contribution is 2.14. The van der Waals surface area contributed by atoms with E-state index in [0.29, 0.717) is 18.0 Å². The van der Waals surface area contributed by atoms with Crippen molar-refractivity contribution in [3.05, 3.63) is 46.4 Å². The van der Waals surface area contributed by atoms with Crippen LogP contribution >= 0.6 is 11.6 Å². The number of rotatable bonds is 6. The molecule has 7 heteroatoms. The van der Waals surface area contributed by atoms with Gasteiger partial charge in [-0.25, -0.2) is 9.48 Å². The van der Waals surface area contributed by atoms with E-state index >= 15 is 0 Å². The third-order valence-corrected chi connectivity index (χ3v) is 3.81. The van der Waals surface area contributed by atoms with Crippen LogP contribution in [0.15, 0.2) is 35.1 Å². The molecule has 0 saturated heterocycles. The maximum atomic E-state index is 12.6. The van der Waals surface area contributed by atoms with Crippen LogP contribution in [0, 0.1) is 6.92 Å². The Bertz CT molecular complexity index is 722. The SMILES string of the molecule is Cc1c(NC(=O)OCCCCCl)c(=O)n(-c2ccccc2)n1C. The summed E-state index contributed by atoms with van der Waals surface area (Å²) in [5, 5.41) is 2.54. The number of carbonyl (C=O) groups is 1. The minimum absolute atomic E-state index is 0.221. The van der Waals surface area contributed by atoms with Crippen molar-refractivity contribution in [1.29, 1.82) is 0 Å². The molecule has 0 radical (unpaired) electrons. The van der Waals surface area contributed by atoms with Gasteiger partial charge in [0.05, 0.1) is 18.0 Å². The van der Waals surface area contributed by atoms with Gasteiger partial charge in [0.25, 0.3) is 5.56 Å². The van der Waals surface area contributed by atoms with E-state index in [9.17, 15) is 9.59 Å². The van der Waals surface area contributed by atoms with Gasteiger partial charge in [-0.15, -0.1) is 11.6 Å². The van der Waals surface area contributed by atoms with Gasteiger partial charge in [-0.05, 0) is 31.9 Å². The predicted molar refractivity (Wildman–Crippen MR) is 90.7 cm³/mol. The van der Waals surface area contributed by atoms with E-state index in [1.165, 1.54) is 4.68 Å². The van der Waals surface area contributed by atoms with Gasteiger partial charge in [0.15, 0.2) is 0 Å². The number of anilines is 1. The van der Waals surface area contributed by atoms with Gasteiger partial charge in [0.2, 0.25) is 0 Å². The fraction of sp³-hybridized carbons (Fsp3) is 0.375. The topological polar surface area (TPSA) is 65.3 Å². The van der Waals surface area contributed by atoms with Crippen LogP contribution < -0.4 is 10.9 Å². The van der Waals surface area contributed by atoms with Gasteiger partial charge in [-0.1, -0.05) is 18.2 Å². The summed E-state index contributed by atoms with van der Waals surface area (Å²) in [7, 11) is 1.76. The predicted octanol–water partition coefficient (Wildman–Crippen LogP) is 3.05. The van der Waals surface area contributed by atoms with Crippen LogP contribution in [-0.2, 0) is 11.8 Å². The largest absolute Gasteiger partial charge is 0.449 e. The summed E-state index contributed by atoms with van der Waals surface area (Å²) in [5.74, 6) is 0.532. The molecule has 0 spiro atoms. The number of nitrogens with one attached hydrogen (secondary N) is 1. The zero-order valence-corrected chi connectivity index (χ0v) is 14.0. The maximum Gasteiger partial charge on any atom is 0.411 e. The second-order valence-electron chi connectivity index (χ2n) is 5.09. The smallest absolute Gasteiger partial charge is 0.411 e. The van der Waals surface area contributed by atoms with Crippen molar-refractivity contribution in [2.24, 2.45) is 7.05 Å². The first-order chi connectivity index (χ1) is 11.1. The number of ether oxygens (including phenoxy) is 1. The number of aromatic nitrogens is 2. The monoisotopic (exact) mass is 337 g/mol. The molecule has 0 aliphatic carbocycles. The second-order valence-corrected chi connectivity index (χ2v) is 5.47.